The molecule has 0 amide bonds. The van der Waals surface area contributed by atoms with Gasteiger partial charge in [0.2, 0.25) is 0 Å². The van der Waals surface area contributed by atoms with Gasteiger partial charge in [-0.15, -0.1) is 0 Å². The first-order chi connectivity index (χ1) is 2.41. The Hall–Kier alpha value is 0.883. The van der Waals surface area contributed by atoms with Crippen molar-refractivity contribution in [3.05, 3.63) is 0 Å². The third-order valence-corrected chi connectivity index (χ3v) is 3.35. The maximum atomic E-state index is 2.29. The van der Waals surface area contributed by atoms with Gasteiger partial charge in [-0.2, -0.15) is 0 Å². The molecule has 0 bridgehead atoms. The fourth-order valence-electron chi connectivity index (χ4n) is 0.250. The van der Waals surface area contributed by atoms with Crippen LogP contribution in [0, 0.1) is 0 Å². The molecular weight excluding hydrogens is 181 g/mol. The molecule has 0 saturated heterocycles. The van der Waals surface area contributed by atoms with Gasteiger partial charge in [0.15, 0.2) is 0 Å². The molecule has 0 aliphatic heterocycles. The third kappa shape index (κ3) is 8.86. The SMILES string of the molecule is B.C[CH2][SbH][CH2]C. The molecule has 0 aromatic heterocycles. The first-order valence-electron chi connectivity index (χ1n) is 2.12. The Balaban J connectivity index is 0. The normalized spacial score (nSPS) is 7.00. The summed E-state index contributed by atoms with van der Waals surface area (Å²) in [5, 5.41) is 0. The molecule has 0 heterocycles. The van der Waals surface area contributed by atoms with Crippen molar-refractivity contribution in [1.29, 1.82) is 0 Å². The van der Waals surface area contributed by atoms with Crippen molar-refractivity contribution in [1.82, 2.24) is 0 Å². The van der Waals surface area contributed by atoms with E-state index in [2.05, 4.69) is 13.8 Å². The molecule has 0 atom stereocenters. The Morgan fingerprint density at radius 1 is 1.17 bits per heavy atom. The van der Waals surface area contributed by atoms with E-state index in [4.69, 9.17) is 0 Å². The summed E-state index contributed by atoms with van der Waals surface area (Å²) in [6, 6.07) is 0. The summed E-state index contributed by atoms with van der Waals surface area (Å²) in [5.74, 6) is 0. The van der Waals surface area contributed by atoms with E-state index in [9.17, 15) is 0 Å². The van der Waals surface area contributed by atoms with E-state index in [0.29, 0.717) is 0 Å². The Kier molecular flexibility index (Phi) is 15.5. The van der Waals surface area contributed by atoms with Crippen LogP contribution in [0.5, 0.6) is 0 Å². The Morgan fingerprint density at radius 3 is 1.50 bits per heavy atom. The van der Waals surface area contributed by atoms with E-state index in [1.54, 1.807) is 0 Å². The van der Waals surface area contributed by atoms with E-state index < -0.39 is 0 Å². The van der Waals surface area contributed by atoms with E-state index in [0.717, 1.165) is 0 Å². The molecule has 38 valence electrons. The van der Waals surface area contributed by atoms with Gasteiger partial charge in [-0.3, -0.25) is 0 Å². The summed E-state index contributed by atoms with van der Waals surface area (Å²) < 4.78 is 3.03. The Morgan fingerprint density at radius 2 is 1.50 bits per heavy atom. The van der Waals surface area contributed by atoms with E-state index >= 15 is 0 Å². The number of hydrogen-bond donors (Lipinski definition) is 0. The van der Waals surface area contributed by atoms with Gasteiger partial charge in [-0.25, -0.2) is 0 Å². The Labute approximate surface area is 52.8 Å². The van der Waals surface area contributed by atoms with Gasteiger partial charge in [0.1, 0.15) is 0 Å². The first kappa shape index (κ1) is 9.99. The van der Waals surface area contributed by atoms with Crippen LogP contribution in [0.1, 0.15) is 13.8 Å². The second-order valence-electron chi connectivity index (χ2n) is 0.957. The van der Waals surface area contributed by atoms with Crippen molar-refractivity contribution in [2.24, 2.45) is 0 Å². The van der Waals surface area contributed by atoms with E-state index in [-0.39, 0.29) is 30.0 Å². The minimum atomic E-state index is 0. The molecule has 0 N–H and O–H groups in total. The molecule has 6 heavy (non-hydrogen) atoms. The summed E-state index contributed by atoms with van der Waals surface area (Å²) >= 11 is 0.218. The quantitative estimate of drug-likeness (QED) is 0.548. The second-order valence-corrected chi connectivity index (χ2v) is 6.42. The molecule has 0 rings (SSSR count). The molecule has 0 saturated carbocycles. The fourth-order valence-corrected chi connectivity index (χ4v) is 1.68. The van der Waals surface area contributed by atoms with Crippen molar-refractivity contribution in [2.75, 3.05) is 0 Å². The van der Waals surface area contributed by atoms with Crippen molar-refractivity contribution in [2.45, 2.75) is 22.6 Å². The third-order valence-electron chi connectivity index (χ3n) is 0.500. The van der Waals surface area contributed by atoms with Crippen molar-refractivity contribution in [3.8, 4) is 0 Å². The topological polar surface area (TPSA) is 0 Å². The van der Waals surface area contributed by atoms with Crippen LogP contribution in [0.15, 0.2) is 0 Å². The van der Waals surface area contributed by atoms with Crippen molar-refractivity contribution >= 4 is 30.0 Å². The van der Waals surface area contributed by atoms with Crippen molar-refractivity contribution < 1.29 is 0 Å². The molecule has 0 spiro atoms. The minimum absolute atomic E-state index is 0. The molecule has 0 radical (unpaired) electrons. The molecule has 0 aliphatic rings. The molecule has 0 aromatic carbocycles. The van der Waals surface area contributed by atoms with Gasteiger partial charge in [-0.05, 0) is 0 Å². The van der Waals surface area contributed by atoms with Crippen LogP contribution >= 0.6 is 0 Å². The molecule has 0 fully saturated rings. The van der Waals surface area contributed by atoms with Crippen LogP contribution in [0.25, 0.3) is 0 Å². The van der Waals surface area contributed by atoms with Crippen LogP contribution in [0.3, 0.4) is 0 Å². The second kappa shape index (κ2) is 9.30. The maximum absolute atomic E-state index is 2.29. The molecule has 0 aromatic rings. The molecule has 0 nitrogen and oxygen atoms in total. The Bertz CT molecular complexity index is 15.0. The predicted molar refractivity (Wildman–Crippen MR) is 38.1 cm³/mol. The molecule has 0 aliphatic carbocycles. The van der Waals surface area contributed by atoms with Gasteiger partial charge < -0.3 is 0 Å². The number of hydrogen-bond acceptors (Lipinski definition) is 0. The van der Waals surface area contributed by atoms with Gasteiger partial charge in [0.25, 0.3) is 0 Å². The van der Waals surface area contributed by atoms with Crippen LogP contribution in [0.4, 0.5) is 0 Å². The van der Waals surface area contributed by atoms with Crippen LogP contribution in [-0.2, 0) is 0 Å². The van der Waals surface area contributed by atoms with Gasteiger partial charge in [0, 0.05) is 0 Å². The van der Waals surface area contributed by atoms with E-state index in [1.807, 2.05) is 0 Å². The monoisotopic (exact) mass is 194 g/mol. The van der Waals surface area contributed by atoms with Crippen LogP contribution in [-0.4, -0.2) is 30.0 Å². The summed E-state index contributed by atoms with van der Waals surface area (Å²) in [6.45, 7) is 4.57. The van der Waals surface area contributed by atoms with Crippen molar-refractivity contribution in [3.63, 3.8) is 0 Å². The zero-order chi connectivity index (χ0) is 4.12. The fraction of sp³-hybridized carbons (Fsp3) is 1.00. The summed E-state index contributed by atoms with van der Waals surface area (Å²) in [4.78, 5) is 0. The van der Waals surface area contributed by atoms with Gasteiger partial charge in [-0.1, -0.05) is 0 Å². The standard InChI is InChI=1S/2C2H5.BH3.Sb.H/c2*1-2;;;/h2*1H2,2H3;1H3;;. The summed E-state index contributed by atoms with van der Waals surface area (Å²) in [5.41, 5.74) is 0. The average molecular weight is 195 g/mol. The zero-order valence-electron chi connectivity index (χ0n) is 3.91. The first-order valence-corrected chi connectivity index (χ1v) is 6.16. The van der Waals surface area contributed by atoms with Gasteiger partial charge >= 0.3 is 44.2 Å². The van der Waals surface area contributed by atoms with Crippen LogP contribution < -0.4 is 0 Å². The predicted octanol–water partition coefficient (Wildman–Crippen LogP) is 0.115. The van der Waals surface area contributed by atoms with Gasteiger partial charge in [0.05, 0.1) is 8.41 Å². The molecular formula is C4H14BSb. The average Bonchev–Trinajstić information content (AvgIpc) is 1.41. The summed E-state index contributed by atoms with van der Waals surface area (Å²) in [6.07, 6.45) is 0. The van der Waals surface area contributed by atoms with Crippen LogP contribution in [0.2, 0.25) is 8.73 Å². The summed E-state index contributed by atoms with van der Waals surface area (Å²) in [7, 11) is 0. The molecule has 0 unspecified atom stereocenters. The molecule has 2 heteroatoms. The zero-order valence-corrected chi connectivity index (χ0v) is 6.77. The number of rotatable bonds is 2. The van der Waals surface area contributed by atoms with E-state index in [1.165, 1.54) is 8.73 Å².